The fraction of sp³-hybridized carbons (Fsp3) is 0.300. The summed E-state index contributed by atoms with van der Waals surface area (Å²) in [5, 5.41) is 8.77. The van der Waals surface area contributed by atoms with Crippen molar-refractivity contribution in [3.05, 3.63) is 26.6 Å². The molecule has 0 aliphatic carbocycles. The van der Waals surface area contributed by atoms with Crippen LogP contribution in [0.25, 0.3) is 0 Å². The van der Waals surface area contributed by atoms with Crippen molar-refractivity contribution in [3.63, 3.8) is 0 Å². The largest absolute Gasteiger partial charge is 0.494 e. The zero-order chi connectivity index (χ0) is 12.3. The standard InChI is InChI=1S/C10H11Br2NO3/c1-16-9-6(11)2-5(3-7(9)12)4-8(13)10(14)15/h2-3,8H,4,13H2,1H3,(H,14,15)/p+1. The van der Waals surface area contributed by atoms with Gasteiger partial charge in [0.25, 0.3) is 0 Å². The lowest BCUT2D eigenvalue weighted by Gasteiger charge is -2.09. The zero-order valence-electron chi connectivity index (χ0n) is 8.67. The number of aliphatic carboxylic acids is 1. The Hall–Kier alpha value is -0.590. The first-order valence-corrected chi connectivity index (χ1v) is 6.12. The van der Waals surface area contributed by atoms with Gasteiger partial charge < -0.3 is 15.6 Å². The molecule has 0 aliphatic heterocycles. The van der Waals surface area contributed by atoms with Crippen molar-refractivity contribution in [3.8, 4) is 5.75 Å². The molecule has 1 unspecified atom stereocenters. The van der Waals surface area contributed by atoms with Gasteiger partial charge in [0.2, 0.25) is 0 Å². The van der Waals surface area contributed by atoms with Gasteiger partial charge in [-0.05, 0) is 49.6 Å². The van der Waals surface area contributed by atoms with E-state index in [1.807, 2.05) is 12.1 Å². The van der Waals surface area contributed by atoms with Crippen LogP contribution in [0.2, 0.25) is 0 Å². The number of ether oxygens (including phenoxy) is 1. The average Bonchev–Trinajstić information content (AvgIpc) is 2.16. The van der Waals surface area contributed by atoms with Gasteiger partial charge in [-0.1, -0.05) is 0 Å². The van der Waals surface area contributed by atoms with Gasteiger partial charge in [0, 0.05) is 6.42 Å². The Kier molecular flexibility index (Phi) is 4.76. The van der Waals surface area contributed by atoms with E-state index in [1.165, 1.54) is 0 Å². The Bertz CT molecular complexity index is 386. The molecule has 16 heavy (non-hydrogen) atoms. The molecule has 6 heteroatoms. The summed E-state index contributed by atoms with van der Waals surface area (Å²) in [7, 11) is 1.58. The maximum atomic E-state index is 10.7. The fourth-order valence-electron chi connectivity index (χ4n) is 1.30. The molecule has 0 saturated heterocycles. The zero-order valence-corrected chi connectivity index (χ0v) is 11.8. The average molecular weight is 354 g/mol. The lowest BCUT2D eigenvalue weighted by molar-refractivity contribution is -0.407. The van der Waals surface area contributed by atoms with Crippen LogP contribution in [0, 0.1) is 0 Å². The van der Waals surface area contributed by atoms with E-state index in [-0.39, 0.29) is 0 Å². The second-order valence-electron chi connectivity index (χ2n) is 3.33. The summed E-state index contributed by atoms with van der Waals surface area (Å²) in [5.41, 5.74) is 4.46. The highest BCUT2D eigenvalue weighted by Gasteiger charge is 2.17. The summed E-state index contributed by atoms with van der Waals surface area (Å²) in [6, 6.07) is 3.03. The van der Waals surface area contributed by atoms with Crippen LogP contribution < -0.4 is 10.5 Å². The molecule has 1 aromatic carbocycles. The fourth-order valence-corrected chi connectivity index (χ4v) is 2.90. The molecule has 0 aromatic heterocycles. The normalized spacial score (nSPS) is 12.2. The molecule has 4 N–H and O–H groups in total. The first kappa shape index (κ1) is 13.5. The Morgan fingerprint density at radius 2 is 2.00 bits per heavy atom. The number of hydrogen-bond acceptors (Lipinski definition) is 2. The van der Waals surface area contributed by atoms with Crippen LogP contribution in [-0.4, -0.2) is 24.2 Å². The topological polar surface area (TPSA) is 74.2 Å². The van der Waals surface area contributed by atoms with E-state index in [1.54, 1.807) is 7.11 Å². The van der Waals surface area contributed by atoms with E-state index in [0.717, 1.165) is 14.5 Å². The third kappa shape index (κ3) is 3.20. The van der Waals surface area contributed by atoms with Crippen molar-refractivity contribution < 1.29 is 20.4 Å². The van der Waals surface area contributed by atoms with Crippen LogP contribution in [0.3, 0.4) is 0 Å². The van der Waals surface area contributed by atoms with Crippen molar-refractivity contribution in [2.24, 2.45) is 0 Å². The Morgan fingerprint density at radius 3 is 2.38 bits per heavy atom. The highest BCUT2D eigenvalue weighted by molar-refractivity contribution is 9.11. The summed E-state index contributed by atoms with van der Waals surface area (Å²) < 4.78 is 6.74. The molecule has 0 bridgehead atoms. The number of benzene rings is 1. The van der Waals surface area contributed by atoms with Crippen LogP contribution in [-0.2, 0) is 11.2 Å². The summed E-state index contributed by atoms with van der Waals surface area (Å²) in [5.74, 6) is -0.206. The van der Waals surface area contributed by atoms with E-state index in [2.05, 4.69) is 37.6 Å². The van der Waals surface area contributed by atoms with Gasteiger partial charge in [-0.3, -0.25) is 0 Å². The lowest BCUT2D eigenvalue weighted by atomic mass is 10.1. The van der Waals surface area contributed by atoms with E-state index >= 15 is 0 Å². The number of carbonyl (C=O) groups is 1. The van der Waals surface area contributed by atoms with Crippen LogP contribution in [0.15, 0.2) is 21.1 Å². The minimum atomic E-state index is -0.900. The quantitative estimate of drug-likeness (QED) is 0.860. The summed E-state index contributed by atoms with van der Waals surface area (Å²) >= 11 is 6.72. The molecule has 1 atom stereocenters. The predicted octanol–water partition coefficient (Wildman–Crippen LogP) is 1.46. The minimum Gasteiger partial charge on any atom is -0.494 e. The monoisotopic (exact) mass is 352 g/mol. The van der Waals surface area contributed by atoms with Crippen molar-refractivity contribution in [1.29, 1.82) is 0 Å². The SMILES string of the molecule is COc1c(Br)cc(CC([NH3+])C(=O)O)cc1Br. The Labute approximate surface area is 110 Å². The second kappa shape index (κ2) is 5.65. The predicted molar refractivity (Wildman–Crippen MR) is 66.4 cm³/mol. The van der Waals surface area contributed by atoms with Gasteiger partial charge in [-0.2, -0.15) is 0 Å². The van der Waals surface area contributed by atoms with Gasteiger partial charge in [0.15, 0.2) is 6.04 Å². The first-order valence-electron chi connectivity index (χ1n) is 4.53. The number of rotatable bonds is 4. The van der Waals surface area contributed by atoms with Crippen molar-refractivity contribution in [1.82, 2.24) is 0 Å². The highest BCUT2D eigenvalue weighted by atomic mass is 79.9. The van der Waals surface area contributed by atoms with Crippen LogP contribution in [0.1, 0.15) is 5.56 Å². The number of quaternary nitrogens is 1. The lowest BCUT2D eigenvalue weighted by Crippen LogP contribution is -2.65. The van der Waals surface area contributed by atoms with Crippen molar-refractivity contribution >= 4 is 37.8 Å². The molecule has 88 valence electrons. The molecule has 0 aliphatic rings. The van der Waals surface area contributed by atoms with E-state index in [4.69, 9.17) is 9.84 Å². The Morgan fingerprint density at radius 1 is 1.50 bits per heavy atom. The summed E-state index contributed by atoms with van der Waals surface area (Å²) in [4.78, 5) is 10.7. The number of carboxylic acid groups (broad SMARTS) is 1. The minimum absolute atomic E-state index is 0.385. The van der Waals surface area contributed by atoms with Gasteiger partial charge in [0.05, 0.1) is 16.1 Å². The molecule has 0 spiro atoms. The van der Waals surface area contributed by atoms with Crippen LogP contribution in [0.4, 0.5) is 0 Å². The van der Waals surface area contributed by atoms with E-state index in [0.29, 0.717) is 12.2 Å². The summed E-state index contributed by atoms with van der Waals surface area (Å²) in [6.07, 6.45) is 0.385. The number of halogens is 2. The van der Waals surface area contributed by atoms with E-state index in [9.17, 15) is 4.79 Å². The highest BCUT2D eigenvalue weighted by Crippen LogP contribution is 2.34. The molecule has 0 fully saturated rings. The third-order valence-electron chi connectivity index (χ3n) is 2.09. The molecule has 0 radical (unpaired) electrons. The van der Waals surface area contributed by atoms with Crippen LogP contribution in [0.5, 0.6) is 5.75 Å². The molecule has 0 heterocycles. The van der Waals surface area contributed by atoms with Crippen LogP contribution >= 0.6 is 31.9 Å². The molecular weight excluding hydrogens is 342 g/mol. The molecule has 0 amide bonds. The number of methoxy groups -OCH3 is 1. The molecule has 1 rings (SSSR count). The third-order valence-corrected chi connectivity index (χ3v) is 3.27. The molecular formula is C10H12Br2NO3+. The molecule has 1 aromatic rings. The van der Waals surface area contributed by atoms with Crippen molar-refractivity contribution in [2.45, 2.75) is 12.5 Å². The number of carboxylic acids is 1. The van der Waals surface area contributed by atoms with Gasteiger partial charge in [-0.25, -0.2) is 4.79 Å². The Balaban J connectivity index is 2.96. The number of hydrogen-bond donors (Lipinski definition) is 2. The molecule has 0 saturated carbocycles. The second-order valence-corrected chi connectivity index (χ2v) is 5.04. The summed E-state index contributed by atoms with van der Waals surface area (Å²) in [6.45, 7) is 0. The maximum Gasteiger partial charge on any atom is 0.362 e. The molecule has 4 nitrogen and oxygen atoms in total. The van der Waals surface area contributed by atoms with Gasteiger partial charge >= 0.3 is 5.97 Å². The van der Waals surface area contributed by atoms with Gasteiger partial charge in [-0.15, -0.1) is 0 Å². The maximum absolute atomic E-state index is 10.7. The smallest absolute Gasteiger partial charge is 0.362 e. The van der Waals surface area contributed by atoms with E-state index < -0.39 is 12.0 Å². The van der Waals surface area contributed by atoms with Crippen molar-refractivity contribution in [2.75, 3.05) is 7.11 Å². The van der Waals surface area contributed by atoms with Gasteiger partial charge in [0.1, 0.15) is 5.75 Å². The first-order chi connectivity index (χ1) is 7.45.